The fourth-order valence-electron chi connectivity index (χ4n) is 3.63. The minimum Gasteiger partial charge on any atom is -0.367 e. The van der Waals surface area contributed by atoms with Crippen molar-refractivity contribution in [1.82, 2.24) is 20.3 Å². The van der Waals surface area contributed by atoms with E-state index in [9.17, 15) is 0 Å². The Balaban J connectivity index is 1.88. The Bertz CT molecular complexity index is 629. The summed E-state index contributed by atoms with van der Waals surface area (Å²) in [7, 11) is 0. The standard InChI is InChI=1S/C16H23N5/c1-15(2)8-11(9-16(3,4)21-15)20-14-12-6-5-7-17-13(12)18-10-19-14/h5-7,10-11,21H,8-9H2,1-4H3,(H,17,18,19,20). The van der Waals surface area contributed by atoms with Crippen LogP contribution in [0.25, 0.3) is 11.0 Å². The summed E-state index contributed by atoms with van der Waals surface area (Å²) < 4.78 is 0. The maximum atomic E-state index is 4.41. The normalized spacial score (nSPS) is 21.3. The Labute approximate surface area is 125 Å². The molecule has 0 aliphatic carbocycles. The first kappa shape index (κ1) is 14.2. The third-order valence-corrected chi connectivity index (χ3v) is 3.94. The van der Waals surface area contributed by atoms with E-state index < -0.39 is 0 Å². The molecule has 3 rings (SSSR count). The van der Waals surface area contributed by atoms with Gasteiger partial charge in [0.1, 0.15) is 12.1 Å². The molecule has 0 unspecified atom stereocenters. The Kier molecular flexibility index (Phi) is 3.32. The Morgan fingerprint density at radius 2 is 1.81 bits per heavy atom. The fraction of sp³-hybridized carbons (Fsp3) is 0.562. The van der Waals surface area contributed by atoms with Gasteiger partial charge in [-0.1, -0.05) is 0 Å². The van der Waals surface area contributed by atoms with Gasteiger partial charge in [-0.15, -0.1) is 0 Å². The van der Waals surface area contributed by atoms with Gasteiger partial charge in [0, 0.05) is 23.3 Å². The maximum Gasteiger partial charge on any atom is 0.164 e. The molecule has 1 aliphatic heterocycles. The third kappa shape index (κ3) is 3.13. The van der Waals surface area contributed by atoms with Crippen LogP contribution in [-0.2, 0) is 0 Å². The van der Waals surface area contributed by atoms with Crippen LogP contribution in [0.3, 0.4) is 0 Å². The lowest BCUT2D eigenvalue weighted by Crippen LogP contribution is -2.60. The quantitative estimate of drug-likeness (QED) is 0.888. The first-order valence-electron chi connectivity index (χ1n) is 7.46. The van der Waals surface area contributed by atoms with E-state index in [4.69, 9.17) is 0 Å². The largest absolute Gasteiger partial charge is 0.367 e. The highest BCUT2D eigenvalue weighted by atomic mass is 15.1. The molecule has 0 saturated carbocycles. The van der Waals surface area contributed by atoms with E-state index in [1.54, 1.807) is 12.5 Å². The molecule has 3 heterocycles. The molecule has 1 saturated heterocycles. The number of piperidine rings is 1. The number of pyridine rings is 1. The van der Waals surface area contributed by atoms with Gasteiger partial charge in [-0.05, 0) is 52.7 Å². The van der Waals surface area contributed by atoms with Gasteiger partial charge in [0.2, 0.25) is 0 Å². The van der Waals surface area contributed by atoms with Crippen molar-refractivity contribution in [2.75, 3.05) is 5.32 Å². The molecule has 0 aromatic carbocycles. The van der Waals surface area contributed by atoms with E-state index in [2.05, 4.69) is 53.3 Å². The summed E-state index contributed by atoms with van der Waals surface area (Å²) >= 11 is 0. The SMILES string of the molecule is CC1(C)CC(Nc2ncnc3ncccc23)CC(C)(C)N1. The van der Waals surface area contributed by atoms with E-state index in [1.807, 2.05) is 12.1 Å². The van der Waals surface area contributed by atoms with E-state index in [0.717, 1.165) is 29.7 Å². The number of nitrogens with one attached hydrogen (secondary N) is 2. The van der Waals surface area contributed by atoms with Crippen molar-refractivity contribution in [2.24, 2.45) is 0 Å². The molecular formula is C16H23N5. The van der Waals surface area contributed by atoms with E-state index in [0.29, 0.717) is 6.04 Å². The van der Waals surface area contributed by atoms with E-state index >= 15 is 0 Å². The second-order valence-electron chi connectivity index (χ2n) is 7.24. The highest BCUT2D eigenvalue weighted by Crippen LogP contribution is 2.31. The number of hydrogen-bond donors (Lipinski definition) is 2. The van der Waals surface area contributed by atoms with Crippen LogP contribution in [-0.4, -0.2) is 32.1 Å². The molecule has 0 radical (unpaired) electrons. The van der Waals surface area contributed by atoms with Gasteiger partial charge in [-0.3, -0.25) is 0 Å². The molecule has 1 fully saturated rings. The van der Waals surface area contributed by atoms with Crippen molar-refractivity contribution in [3.05, 3.63) is 24.7 Å². The summed E-state index contributed by atoms with van der Waals surface area (Å²) in [5.41, 5.74) is 0.962. The summed E-state index contributed by atoms with van der Waals surface area (Å²) in [6.45, 7) is 9.01. The zero-order chi connectivity index (χ0) is 15.1. The third-order valence-electron chi connectivity index (χ3n) is 3.94. The Hall–Kier alpha value is -1.75. The lowest BCUT2D eigenvalue weighted by atomic mass is 9.79. The molecule has 2 aromatic rings. The Morgan fingerprint density at radius 1 is 1.10 bits per heavy atom. The zero-order valence-corrected chi connectivity index (χ0v) is 13.1. The highest BCUT2D eigenvalue weighted by molar-refractivity contribution is 5.85. The number of aromatic nitrogens is 3. The molecule has 5 heteroatoms. The predicted octanol–water partition coefficient (Wildman–Crippen LogP) is 2.75. The lowest BCUT2D eigenvalue weighted by Gasteiger charge is -2.46. The van der Waals surface area contributed by atoms with Crippen molar-refractivity contribution >= 4 is 16.9 Å². The summed E-state index contributed by atoms with van der Waals surface area (Å²) in [6.07, 6.45) is 5.45. The van der Waals surface area contributed by atoms with Crippen LogP contribution in [0.2, 0.25) is 0 Å². The van der Waals surface area contributed by atoms with E-state index in [1.165, 1.54) is 0 Å². The lowest BCUT2D eigenvalue weighted by molar-refractivity contribution is 0.170. The van der Waals surface area contributed by atoms with Gasteiger partial charge >= 0.3 is 0 Å². The molecule has 2 N–H and O–H groups in total. The van der Waals surface area contributed by atoms with Crippen LogP contribution in [0.4, 0.5) is 5.82 Å². The minimum absolute atomic E-state index is 0.112. The van der Waals surface area contributed by atoms with Crippen molar-refractivity contribution in [3.8, 4) is 0 Å². The number of fused-ring (bicyclic) bond motifs is 1. The highest BCUT2D eigenvalue weighted by Gasteiger charge is 2.37. The number of anilines is 1. The van der Waals surface area contributed by atoms with E-state index in [-0.39, 0.29) is 11.1 Å². The molecule has 0 amide bonds. The summed E-state index contributed by atoms with van der Waals surface area (Å²) in [5, 5.41) is 8.28. The summed E-state index contributed by atoms with van der Waals surface area (Å²) in [4.78, 5) is 12.9. The number of rotatable bonds is 2. The first-order valence-corrected chi connectivity index (χ1v) is 7.46. The number of nitrogens with zero attached hydrogens (tertiary/aromatic N) is 3. The summed E-state index contributed by atoms with van der Waals surface area (Å²) in [5.74, 6) is 0.881. The maximum absolute atomic E-state index is 4.41. The monoisotopic (exact) mass is 285 g/mol. The minimum atomic E-state index is 0.112. The van der Waals surface area contributed by atoms with Gasteiger partial charge in [-0.25, -0.2) is 15.0 Å². The predicted molar refractivity (Wildman–Crippen MR) is 85.3 cm³/mol. The zero-order valence-electron chi connectivity index (χ0n) is 13.1. The smallest absolute Gasteiger partial charge is 0.164 e. The van der Waals surface area contributed by atoms with Crippen molar-refractivity contribution in [1.29, 1.82) is 0 Å². The summed E-state index contributed by atoms with van der Waals surface area (Å²) in [6, 6.07) is 4.32. The average molecular weight is 285 g/mol. The molecule has 5 nitrogen and oxygen atoms in total. The molecule has 2 aromatic heterocycles. The Morgan fingerprint density at radius 3 is 2.52 bits per heavy atom. The van der Waals surface area contributed by atoms with Crippen molar-refractivity contribution in [2.45, 2.75) is 57.7 Å². The fourth-order valence-corrected chi connectivity index (χ4v) is 3.63. The van der Waals surface area contributed by atoms with Crippen LogP contribution in [0.1, 0.15) is 40.5 Å². The molecule has 21 heavy (non-hydrogen) atoms. The topological polar surface area (TPSA) is 62.7 Å². The molecular weight excluding hydrogens is 262 g/mol. The van der Waals surface area contributed by atoms with Crippen molar-refractivity contribution < 1.29 is 0 Å². The molecule has 0 atom stereocenters. The average Bonchev–Trinajstić information content (AvgIpc) is 2.35. The van der Waals surface area contributed by atoms with Gasteiger partial charge in [0.05, 0.1) is 5.39 Å². The van der Waals surface area contributed by atoms with Crippen LogP contribution in [0, 0.1) is 0 Å². The molecule has 112 valence electrons. The molecule has 0 bridgehead atoms. The van der Waals surface area contributed by atoms with Gasteiger partial charge < -0.3 is 10.6 Å². The van der Waals surface area contributed by atoms with Crippen LogP contribution in [0.15, 0.2) is 24.7 Å². The van der Waals surface area contributed by atoms with Gasteiger partial charge in [0.15, 0.2) is 5.65 Å². The molecule has 1 aliphatic rings. The first-order chi connectivity index (χ1) is 9.85. The van der Waals surface area contributed by atoms with Gasteiger partial charge in [0.25, 0.3) is 0 Å². The second-order valence-corrected chi connectivity index (χ2v) is 7.24. The molecule has 0 spiro atoms. The van der Waals surface area contributed by atoms with Crippen molar-refractivity contribution in [3.63, 3.8) is 0 Å². The number of hydrogen-bond acceptors (Lipinski definition) is 5. The second kappa shape index (κ2) is 4.91. The van der Waals surface area contributed by atoms with Gasteiger partial charge in [-0.2, -0.15) is 0 Å². The van der Waals surface area contributed by atoms with Crippen LogP contribution in [0.5, 0.6) is 0 Å². The van der Waals surface area contributed by atoms with Crippen LogP contribution >= 0.6 is 0 Å². The van der Waals surface area contributed by atoms with Crippen LogP contribution < -0.4 is 10.6 Å².